The first-order valence-electron chi connectivity index (χ1n) is 12.2. The highest BCUT2D eigenvalue weighted by molar-refractivity contribution is 9.10. The summed E-state index contributed by atoms with van der Waals surface area (Å²) >= 11 is 3.66. The van der Waals surface area contributed by atoms with Gasteiger partial charge in [-0.15, -0.1) is 0 Å². The Labute approximate surface area is 215 Å². The molecule has 8 heteroatoms. The van der Waals surface area contributed by atoms with Crippen molar-refractivity contribution in [3.63, 3.8) is 0 Å². The van der Waals surface area contributed by atoms with E-state index in [4.69, 9.17) is 4.98 Å². The summed E-state index contributed by atoms with van der Waals surface area (Å²) in [6.07, 6.45) is 3.59. The van der Waals surface area contributed by atoms with Crippen molar-refractivity contribution in [3.05, 3.63) is 70.3 Å². The maximum atomic E-state index is 12.7. The van der Waals surface area contributed by atoms with Crippen LogP contribution < -0.4 is 10.6 Å². The Morgan fingerprint density at radius 1 is 0.971 bits per heavy atom. The number of rotatable bonds is 0. The molecule has 0 saturated carbocycles. The zero-order chi connectivity index (χ0) is 24.2. The number of carbonyl (C=O) groups is 1. The first kappa shape index (κ1) is 23.9. The van der Waals surface area contributed by atoms with Crippen molar-refractivity contribution in [2.75, 3.05) is 38.5 Å². The number of hydrogen-bond donors (Lipinski definition) is 2. The molecule has 5 aliphatic heterocycles. The summed E-state index contributed by atoms with van der Waals surface area (Å²) in [5.41, 5.74) is 5.31. The molecule has 182 valence electrons. The standard InChI is InChI=1S/C27H31BrN6O/c1-33-13-10-29-26(35)22-7-11-34(12-8-22)18-20-14-23(28)16-24(15-20)31-27-30-9-6-25(32-27)21-4-2-19(17-33)3-5-21/h2-6,9,14-16,22H,7-8,10-13,17-18H2,1H3,(H,29,35)(H,30,31,32). The summed E-state index contributed by atoms with van der Waals surface area (Å²) in [7, 11) is 2.09. The number of benzene rings is 2. The predicted octanol–water partition coefficient (Wildman–Crippen LogP) is 4.42. The second-order valence-corrected chi connectivity index (χ2v) is 10.4. The van der Waals surface area contributed by atoms with Gasteiger partial charge in [-0.05, 0) is 68.4 Å². The van der Waals surface area contributed by atoms with Gasteiger partial charge < -0.3 is 15.5 Å². The zero-order valence-electron chi connectivity index (χ0n) is 20.0. The molecule has 8 rings (SSSR count). The van der Waals surface area contributed by atoms with Crippen molar-refractivity contribution < 1.29 is 4.79 Å². The van der Waals surface area contributed by atoms with Crippen LogP contribution in [0, 0.1) is 5.92 Å². The Hall–Kier alpha value is -2.81. The molecule has 35 heavy (non-hydrogen) atoms. The molecule has 0 atom stereocenters. The number of likely N-dealkylation sites (N-methyl/N-ethyl adjacent to an activating group) is 1. The number of nitrogens with one attached hydrogen (secondary N) is 2. The highest BCUT2D eigenvalue weighted by Gasteiger charge is 2.25. The quantitative estimate of drug-likeness (QED) is 0.444. The minimum Gasteiger partial charge on any atom is -0.355 e. The van der Waals surface area contributed by atoms with Gasteiger partial charge in [0, 0.05) is 54.0 Å². The van der Waals surface area contributed by atoms with Crippen molar-refractivity contribution in [3.8, 4) is 11.3 Å². The van der Waals surface area contributed by atoms with E-state index < -0.39 is 0 Å². The van der Waals surface area contributed by atoms with Crippen molar-refractivity contribution in [2.24, 2.45) is 5.92 Å². The summed E-state index contributed by atoms with van der Waals surface area (Å²) in [4.78, 5) is 26.6. The Bertz CT molecular complexity index is 1180. The third-order valence-electron chi connectivity index (χ3n) is 6.73. The summed E-state index contributed by atoms with van der Waals surface area (Å²) in [6, 6.07) is 16.8. The van der Waals surface area contributed by atoms with Crippen molar-refractivity contribution in [2.45, 2.75) is 25.9 Å². The minimum absolute atomic E-state index is 0.103. The van der Waals surface area contributed by atoms with E-state index in [9.17, 15) is 4.79 Å². The van der Waals surface area contributed by atoms with E-state index in [1.165, 1.54) is 11.1 Å². The third kappa shape index (κ3) is 6.25. The molecule has 0 radical (unpaired) electrons. The lowest BCUT2D eigenvalue weighted by molar-refractivity contribution is -0.126. The highest BCUT2D eigenvalue weighted by Crippen LogP contribution is 2.26. The fraction of sp³-hybridized carbons (Fsp3) is 0.370. The van der Waals surface area contributed by atoms with Crippen LogP contribution in [0.3, 0.4) is 0 Å². The Balaban J connectivity index is 1.42. The van der Waals surface area contributed by atoms with Gasteiger partial charge in [0.2, 0.25) is 11.9 Å². The monoisotopic (exact) mass is 534 g/mol. The molecule has 7 nitrogen and oxygen atoms in total. The van der Waals surface area contributed by atoms with Gasteiger partial charge in [-0.1, -0.05) is 40.2 Å². The van der Waals surface area contributed by atoms with E-state index in [1.54, 1.807) is 6.20 Å². The van der Waals surface area contributed by atoms with Crippen molar-refractivity contribution in [1.29, 1.82) is 0 Å². The van der Waals surface area contributed by atoms with Gasteiger partial charge in [0.15, 0.2) is 0 Å². The number of nitrogens with zero attached hydrogens (tertiary/aromatic N) is 4. The fourth-order valence-corrected chi connectivity index (χ4v) is 5.36. The summed E-state index contributed by atoms with van der Waals surface area (Å²) < 4.78 is 1.01. The molecule has 2 N–H and O–H groups in total. The summed E-state index contributed by atoms with van der Waals surface area (Å²) in [5.74, 6) is 0.870. The number of carbonyl (C=O) groups excluding carboxylic acids is 1. The average molecular weight is 535 g/mol. The van der Waals surface area contributed by atoms with E-state index in [2.05, 4.69) is 84.8 Å². The molecule has 8 bridgehead atoms. The van der Waals surface area contributed by atoms with Crippen LogP contribution >= 0.6 is 15.9 Å². The molecule has 3 aromatic rings. The normalized spacial score (nSPS) is 21.5. The van der Waals surface area contributed by atoms with Gasteiger partial charge in [0.1, 0.15) is 0 Å². The molecule has 0 spiro atoms. The molecule has 0 unspecified atom stereocenters. The number of halogens is 1. The molecule has 2 aromatic carbocycles. The fourth-order valence-electron chi connectivity index (χ4n) is 4.82. The molecule has 1 aromatic heterocycles. The lowest BCUT2D eigenvalue weighted by Crippen LogP contribution is -2.42. The van der Waals surface area contributed by atoms with Crippen LogP contribution in [0.1, 0.15) is 24.0 Å². The van der Waals surface area contributed by atoms with Gasteiger partial charge in [0.05, 0.1) is 5.69 Å². The smallest absolute Gasteiger partial charge is 0.227 e. The first-order chi connectivity index (χ1) is 17.0. The molecule has 1 saturated heterocycles. The predicted molar refractivity (Wildman–Crippen MR) is 142 cm³/mol. The van der Waals surface area contributed by atoms with Gasteiger partial charge in [0.25, 0.3) is 0 Å². The SMILES string of the molecule is CN1CCNC(=O)C2CCN(CC2)Cc2cc(Br)cc(c2)Nc2nccc(n2)-c2ccc(cc2)C1. The Kier molecular flexibility index (Phi) is 7.41. The Morgan fingerprint density at radius 2 is 1.77 bits per heavy atom. The van der Waals surface area contributed by atoms with E-state index in [-0.39, 0.29) is 11.8 Å². The minimum atomic E-state index is 0.103. The van der Waals surface area contributed by atoms with Gasteiger partial charge in [-0.2, -0.15) is 0 Å². The van der Waals surface area contributed by atoms with E-state index in [0.717, 1.165) is 67.0 Å². The number of anilines is 2. The van der Waals surface area contributed by atoms with E-state index in [1.807, 2.05) is 12.1 Å². The number of hydrogen-bond acceptors (Lipinski definition) is 6. The molecule has 0 aliphatic carbocycles. The van der Waals surface area contributed by atoms with Crippen LogP contribution in [0.25, 0.3) is 11.3 Å². The largest absolute Gasteiger partial charge is 0.355 e. The lowest BCUT2D eigenvalue weighted by atomic mass is 9.95. The van der Waals surface area contributed by atoms with Gasteiger partial charge in [-0.3, -0.25) is 9.69 Å². The second-order valence-electron chi connectivity index (χ2n) is 9.51. The van der Waals surface area contributed by atoms with Crippen LogP contribution in [0.2, 0.25) is 0 Å². The molecular formula is C27H31BrN6O. The number of amides is 1. The first-order valence-corrected chi connectivity index (χ1v) is 13.0. The lowest BCUT2D eigenvalue weighted by Gasteiger charge is -2.31. The van der Waals surface area contributed by atoms with E-state index in [0.29, 0.717) is 12.5 Å². The highest BCUT2D eigenvalue weighted by atomic mass is 79.9. The molecule has 1 amide bonds. The van der Waals surface area contributed by atoms with E-state index >= 15 is 0 Å². The second kappa shape index (κ2) is 10.8. The number of piperidine rings is 1. The third-order valence-corrected chi connectivity index (χ3v) is 7.19. The maximum absolute atomic E-state index is 12.7. The molecule has 6 heterocycles. The average Bonchev–Trinajstić information content (AvgIpc) is 2.84. The van der Waals surface area contributed by atoms with Crippen molar-refractivity contribution >= 4 is 33.5 Å². The topological polar surface area (TPSA) is 73.4 Å². The maximum Gasteiger partial charge on any atom is 0.227 e. The summed E-state index contributed by atoms with van der Waals surface area (Å²) in [6.45, 7) is 5.02. The van der Waals surface area contributed by atoms with Crippen LogP contribution in [0.4, 0.5) is 11.6 Å². The zero-order valence-corrected chi connectivity index (χ0v) is 21.6. The van der Waals surface area contributed by atoms with Crippen LogP contribution in [-0.4, -0.2) is 58.9 Å². The molecular weight excluding hydrogens is 504 g/mol. The van der Waals surface area contributed by atoms with Gasteiger partial charge >= 0.3 is 0 Å². The van der Waals surface area contributed by atoms with Gasteiger partial charge in [-0.25, -0.2) is 9.97 Å². The molecule has 1 fully saturated rings. The van der Waals surface area contributed by atoms with Crippen molar-refractivity contribution in [1.82, 2.24) is 25.1 Å². The van der Waals surface area contributed by atoms with Crippen LogP contribution in [0.15, 0.2) is 59.2 Å². The molecule has 5 aliphatic rings. The van der Waals surface area contributed by atoms with Crippen LogP contribution in [0.5, 0.6) is 0 Å². The number of aromatic nitrogens is 2. The summed E-state index contributed by atoms with van der Waals surface area (Å²) in [5, 5.41) is 6.53. The Morgan fingerprint density at radius 3 is 2.57 bits per heavy atom. The van der Waals surface area contributed by atoms with Crippen LogP contribution in [-0.2, 0) is 17.9 Å².